The highest BCUT2D eigenvalue weighted by Crippen LogP contribution is 2.23. The second kappa shape index (κ2) is 7.17. The van der Waals surface area contributed by atoms with E-state index in [1.807, 2.05) is 0 Å². The molecule has 0 N–H and O–H groups in total. The van der Waals surface area contributed by atoms with Gasteiger partial charge in [0.05, 0.1) is 4.90 Å². The van der Waals surface area contributed by atoms with Gasteiger partial charge in [-0.05, 0) is 34.1 Å². The number of sulfonamides is 1. The Hall–Kier alpha value is -0.213. The molecular weight excluding hydrogens is 358 g/mol. The monoisotopic (exact) mass is 379 g/mol. The Balaban J connectivity index is 2.63. The molecule has 20 heavy (non-hydrogen) atoms. The van der Waals surface area contributed by atoms with Gasteiger partial charge in [0.1, 0.15) is 6.73 Å². The number of hydrogen-bond donors (Lipinski definition) is 0. The molecule has 0 amide bonds. The van der Waals surface area contributed by atoms with Crippen molar-refractivity contribution in [2.24, 2.45) is 0 Å². The van der Waals surface area contributed by atoms with Crippen LogP contribution in [-0.4, -0.2) is 41.2 Å². The molecule has 0 aliphatic carbocycles. The van der Waals surface area contributed by atoms with E-state index in [4.69, 9.17) is 4.74 Å². The lowest BCUT2D eigenvalue weighted by molar-refractivity contribution is 0.0907. The summed E-state index contributed by atoms with van der Waals surface area (Å²) in [5.74, 6) is 0. The molecule has 0 heterocycles. The molecule has 114 valence electrons. The minimum atomic E-state index is -3.51. The molecule has 1 aromatic carbocycles. The summed E-state index contributed by atoms with van der Waals surface area (Å²) in [6, 6.07) is 7.81. The van der Waals surface area contributed by atoms with Crippen LogP contribution in [0.1, 0.15) is 0 Å². The summed E-state index contributed by atoms with van der Waals surface area (Å²) in [6.07, 6.45) is 0. The van der Waals surface area contributed by atoms with E-state index in [9.17, 15) is 8.42 Å². The number of ether oxygens (including phenoxy) is 1. The predicted octanol–water partition coefficient (Wildman–Crippen LogP) is 3.38. The number of rotatable bonds is 7. The van der Waals surface area contributed by atoms with Crippen LogP contribution in [0.3, 0.4) is 0 Å². The van der Waals surface area contributed by atoms with Crippen LogP contribution >= 0.6 is 15.9 Å². The van der Waals surface area contributed by atoms with Gasteiger partial charge in [-0.15, -0.1) is 0 Å². The highest BCUT2D eigenvalue weighted by atomic mass is 79.9. The van der Waals surface area contributed by atoms with Crippen molar-refractivity contribution in [3.8, 4) is 0 Å². The SMILES string of the molecule is CN(COCC[Si](C)(C)C)S(=O)(=O)c1ccccc1Br. The van der Waals surface area contributed by atoms with Crippen molar-refractivity contribution in [3.05, 3.63) is 28.7 Å². The average molecular weight is 380 g/mol. The molecule has 7 heteroatoms. The lowest BCUT2D eigenvalue weighted by Crippen LogP contribution is -2.31. The lowest BCUT2D eigenvalue weighted by Gasteiger charge is -2.20. The van der Waals surface area contributed by atoms with Crippen LogP contribution in [-0.2, 0) is 14.8 Å². The van der Waals surface area contributed by atoms with Crippen LogP contribution in [0, 0.1) is 0 Å². The van der Waals surface area contributed by atoms with E-state index in [1.165, 1.54) is 11.4 Å². The molecule has 1 aromatic rings. The van der Waals surface area contributed by atoms with E-state index in [0.29, 0.717) is 11.1 Å². The number of hydrogen-bond acceptors (Lipinski definition) is 3. The van der Waals surface area contributed by atoms with Gasteiger partial charge in [0.15, 0.2) is 0 Å². The summed E-state index contributed by atoms with van der Waals surface area (Å²) in [7, 11) is -3.13. The Kier molecular flexibility index (Phi) is 6.40. The minimum absolute atomic E-state index is 0.0775. The first-order valence-corrected chi connectivity index (χ1v) is 12.4. The third-order valence-electron chi connectivity index (χ3n) is 2.79. The average Bonchev–Trinajstić information content (AvgIpc) is 2.33. The van der Waals surface area contributed by atoms with E-state index in [-0.39, 0.29) is 11.6 Å². The molecular formula is C13H22BrNO3SSi. The Bertz CT molecular complexity index is 543. The molecule has 0 bridgehead atoms. The molecule has 0 aliphatic rings. The fourth-order valence-electron chi connectivity index (χ4n) is 1.46. The summed E-state index contributed by atoms with van der Waals surface area (Å²) in [5.41, 5.74) is 0. The Morgan fingerprint density at radius 1 is 1.25 bits per heavy atom. The second-order valence-electron chi connectivity index (χ2n) is 5.88. The highest BCUT2D eigenvalue weighted by Gasteiger charge is 2.23. The van der Waals surface area contributed by atoms with Gasteiger partial charge in [0, 0.05) is 26.2 Å². The zero-order valence-corrected chi connectivity index (χ0v) is 15.8. The number of nitrogens with zero attached hydrogens (tertiary/aromatic N) is 1. The van der Waals surface area contributed by atoms with Crippen molar-refractivity contribution in [2.75, 3.05) is 20.4 Å². The number of benzene rings is 1. The molecule has 0 aliphatic heterocycles. The molecule has 0 fully saturated rings. The molecule has 1 rings (SSSR count). The largest absolute Gasteiger partial charge is 0.365 e. The van der Waals surface area contributed by atoms with Crippen LogP contribution in [0.15, 0.2) is 33.6 Å². The van der Waals surface area contributed by atoms with Crippen LogP contribution < -0.4 is 0 Å². The fourth-order valence-corrected chi connectivity index (χ4v) is 4.23. The predicted molar refractivity (Wildman–Crippen MR) is 88.1 cm³/mol. The van der Waals surface area contributed by atoms with Crippen molar-refractivity contribution in [2.45, 2.75) is 30.6 Å². The first kappa shape index (κ1) is 17.8. The molecule has 0 saturated carbocycles. The zero-order chi connectivity index (χ0) is 15.4. The van der Waals surface area contributed by atoms with Crippen molar-refractivity contribution in [1.82, 2.24) is 4.31 Å². The maximum Gasteiger partial charge on any atom is 0.245 e. The molecule has 0 unspecified atom stereocenters. The van der Waals surface area contributed by atoms with Crippen LogP contribution in [0.25, 0.3) is 0 Å². The van der Waals surface area contributed by atoms with Gasteiger partial charge >= 0.3 is 0 Å². The maximum absolute atomic E-state index is 12.4. The zero-order valence-electron chi connectivity index (χ0n) is 12.4. The van der Waals surface area contributed by atoms with Crippen molar-refractivity contribution < 1.29 is 13.2 Å². The van der Waals surface area contributed by atoms with Crippen LogP contribution in [0.2, 0.25) is 25.7 Å². The van der Waals surface area contributed by atoms with E-state index in [1.54, 1.807) is 24.3 Å². The third kappa shape index (κ3) is 5.29. The van der Waals surface area contributed by atoms with Crippen molar-refractivity contribution in [3.63, 3.8) is 0 Å². The molecule has 0 saturated heterocycles. The molecule has 0 atom stereocenters. The molecule has 0 spiro atoms. The summed E-state index contributed by atoms with van der Waals surface area (Å²) in [6.45, 7) is 7.47. The smallest absolute Gasteiger partial charge is 0.245 e. The first-order chi connectivity index (χ1) is 9.14. The van der Waals surface area contributed by atoms with E-state index < -0.39 is 18.1 Å². The Morgan fingerprint density at radius 2 is 1.85 bits per heavy atom. The Morgan fingerprint density at radius 3 is 2.40 bits per heavy atom. The third-order valence-corrected chi connectivity index (χ3v) is 7.29. The van der Waals surface area contributed by atoms with Gasteiger partial charge in [0.25, 0.3) is 0 Å². The number of halogens is 1. The van der Waals surface area contributed by atoms with Gasteiger partial charge < -0.3 is 4.74 Å². The standard InChI is InChI=1S/C13H22BrNO3SSi/c1-15(11-18-9-10-20(2,3)4)19(16,17)13-8-6-5-7-12(13)14/h5-8H,9-11H2,1-4H3. The topological polar surface area (TPSA) is 46.6 Å². The van der Waals surface area contributed by atoms with Crippen LogP contribution in [0.5, 0.6) is 0 Å². The molecule has 0 radical (unpaired) electrons. The van der Waals surface area contributed by atoms with Gasteiger partial charge in [0.2, 0.25) is 10.0 Å². The maximum atomic E-state index is 12.4. The van der Waals surface area contributed by atoms with E-state index in [0.717, 1.165) is 6.04 Å². The molecule has 4 nitrogen and oxygen atoms in total. The quantitative estimate of drug-likeness (QED) is 0.414. The summed E-state index contributed by atoms with van der Waals surface area (Å²) < 4.78 is 32.0. The normalized spacial score (nSPS) is 12.9. The fraction of sp³-hybridized carbons (Fsp3) is 0.538. The first-order valence-electron chi connectivity index (χ1n) is 6.43. The summed E-state index contributed by atoms with van der Waals surface area (Å²) >= 11 is 3.27. The van der Waals surface area contributed by atoms with Crippen molar-refractivity contribution in [1.29, 1.82) is 0 Å². The van der Waals surface area contributed by atoms with Crippen molar-refractivity contribution >= 4 is 34.0 Å². The van der Waals surface area contributed by atoms with E-state index >= 15 is 0 Å². The summed E-state index contributed by atoms with van der Waals surface area (Å²) in [5, 5.41) is 0. The van der Waals surface area contributed by atoms with Gasteiger partial charge in [-0.25, -0.2) is 8.42 Å². The van der Waals surface area contributed by atoms with Crippen LogP contribution in [0.4, 0.5) is 0 Å². The minimum Gasteiger partial charge on any atom is -0.365 e. The molecule has 0 aromatic heterocycles. The lowest BCUT2D eigenvalue weighted by atomic mass is 10.4. The summed E-state index contributed by atoms with van der Waals surface area (Å²) in [4.78, 5) is 0.260. The van der Waals surface area contributed by atoms with Gasteiger partial charge in [-0.3, -0.25) is 0 Å². The second-order valence-corrected chi connectivity index (χ2v) is 14.4. The Labute approximate surface area is 131 Å². The highest BCUT2D eigenvalue weighted by molar-refractivity contribution is 9.10. The van der Waals surface area contributed by atoms with Gasteiger partial charge in [-0.2, -0.15) is 4.31 Å². The van der Waals surface area contributed by atoms with Gasteiger partial charge in [-0.1, -0.05) is 31.8 Å². The van der Waals surface area contributed by atoms with E-state index in [2.05, 4.69) is 35.6 Å².